The van der Waals surface area contributed by atoms with Crippen LogP contribution in [-0.2, 0) is 9.47 Å². The highest BCUT2D eigenvalue weighted by Gasteiger charge is 2.50. The van der Waals surface area contributed by atoms with Crippen LogP contribution in [-0.4, -0.2) is 65.0 Å². The highest BCUT2D eigenvalue weighted by atomic mass is 32.1. The summed E-state index contributed by atoms with van der Waals surface area (Å²) < 4.78 is 37.0. The number of amides is 1. The number of halogens is 1. The van der Waals surface area contributed by atoms with Crippen molar-refractivity contribution < 1.29 is 23.4 Å². The smallest absolute Gasteiger partial charge is 0.410 e. The van der Waals surface area contributed by atoms with Crippen LogP contribution in [0, 0.1) is 18.2 Å². The molecule has 4 heterocycles. The molecule has 4 aromatic rings. The SMILES string of the molecule is C#Cc1cccc2cc(OCOC)cc(-c3ncc4c(N5C[C@@H]6[C@H]5CCN6C(=O)OC(C)(C)C)snc4c3F)c12. The Morgan fingerprint density at radius 1 is 1.27 bits per heavy atom. The topological polar surface area (TPSA) is 77.0 Å². The van der Waals surface area contributed by atoms with E-state index in [9.17, 15) is 4.79 Å². The van der Waals surface area contributed by atoms with E-state index in [-0.39, 0.29) is 36.2 Å². The molecule has 2 aliphatic heterocycles. The molecule has 2 atom stereocenters. The number of likely N-dealkylation sites (tertiary alicyclic amines) is 1. The number of pyridine rings is 1. The molecule has 1 amide bonds. The van der Waals surface area contributed by atoms with Crippen molar-refractivity contribution in [2.75, 3.05) is 31.9 Å². The van der Waals surface area contributed by atoms with E-state index in [4.69, 9.17) is 20.6 Å². The Hall–Kier alpha value is -3.94. The molecule has 0 radical (unpaired) electrons. The van der Waals surface area contributed by atoms with Crippen LogP contribution in [0.15, 0.2) is 36.5 Å². The van der Waals surface area contributed by atoms with Crippen LogP contribution in [0.5, 0.6) is 5.75 Å². The van der Waals surface area contributed by atoms with Crippen LogP contribution < -0.4 is 9.64 Å². The predicted octanol–water partition coefficient (Wildman–Crippen LogP) is 5.81. The molecule has 0 bridgehead atoms. The molecule has 6 rings (SSSR count). The fourth-order valence-electron chi connectivity index (χ4n) is 5.57. The second-order valence-corrected chi connectivity index (χ2v) is 11.7. The Morgan fingerprint density at radius 3 is 2.85 bits per heavy atom. The number of terminal acetylenes is 1. The standard InChI is InChI=1S/C30H29FN4O4S/c1-6-17-8-7-9-18-12-19(38-16-37-5)13-20(24(17)18)26-25(31)27-21(14-32-26)28(40-33-27)35-15-23-22(35)10-11-34(23)29(36)39-30(2,3)4/h1,7-9,12-14,22-23H,10-11,15-16H2,2-5H3/t22-,23-/m1/s1. The second-order valence-electron chi connectivity index (χ2n) is 11.0. The Kier molecular flexibility index (Phi) is 6.51. The van der Waals surface area contributed by atoms with E-state index in [1.165, 1.54) is 18.6 Å². The van der Waals surface area contributed by atoms with Crippen molar-refractivity contribution in [1.82, 2.24) is 14.3 Å². The first-order chi connectivity index (χ1) is 19.2. The number of hydrogen-bond acceptors (Lipinski definition) is 8. The molecule has 2 aromatic heterocycles. The lowest BCUT2D eigenvalue weighted by atomic mass is 9.96. The van der Waals surface area contributed by atoms with Crippen molar-refractivity contribution in [2.24, 2.45) is 0 Å². The number of nitrogens with zero attached hydrogens (tertiary/aromatic N) is 4. The quantitative estimate of drug-likeness (QED) is 0.225. The number of fused-ring (bicyclic) bond motifs is 3. The zero-order chi connectivity index (χ0) is 28.2. The van der Waals surface area contributed by atoms with Gasteiger partial charge in [0.25, 0.3) is 0 Å². The number of rotatable bonds is 5. The summed E-state index contributed by atoms with van der Waals surface area (Å²) in [5.74, 6) is 2.70. The molecule has 2 saturated heterocycles. The Labute approximate surface area is 235 Å². The predicted molar refractivity (Wildman–Crippen MR) is 153 cm³/mol. The lowest BCUT2D eigenvalue weighted by molar-refractivity contribution is 0.0194. The lowest BCUT2D eigenvalue weighted by Crippen LogP contribution is -2.63. The molecular weight excluding hydrogens is 531 g/mol. The highest BCUT2D eigenvalue weighted by Crippen LogP contribution is 2.44. The van der Waals surface area contributed by atoms with Crippen LogP contribution in [0.3, 0.4) is 0 Å². The van der Waals surface area contributed by atoms with Crippen molar-refractivity contribution in [3.63, 3.8) is 0 Å². The molecule has 0 unspecified atom stereocenters. The van der Waals surface area contributed by atoms with E-state index in [1.807, 2.05) is 45.0 Å². The van der Waals surface area contributed by atoms with Gasteiger partial charge in [-0.2, -0.15) is 4.37 Å². The number of methoxy groups -OCH3 is 1. The maximum atomic E-state index is 16.2. The van der Waals surface area contributed by atoms with Gasteiger partial charge in [0.2, 0.25) is 0 Å². The summed E-state index contributed by atoms with van der Waals surface area (Å²) in [6.07, 6.45) is 8.00. The third-order valence-electron chi connectivity index (χ3n) is 7.34. The normalized spacial score (nSPS) is 18.5. The molecular formula is C30H29FN4O4S. The van der Waals surface area contributed by atoms with Crippen molar-refractivity contribution in [3.8, 4) is 29.4 Å². The van der Waals surface area contributed by atoms with Gasteiger partial charge >= 0.3 is 6.09 Å². The number of hydrogen-bond donors (Lipinski definition) is 0. The average molecular weight is 561 g/mol. The maximum Gasteiger partial charge on any atom is 0.410 e. The number of carbonyl (C=O) groups excluding carboxylic acids is 1. The Balaban J connectivity index is 1.35. The average Bonchev–Trinajstić information content (AvgIpc) is 3.48. The van der Waals surface area contributed by atoms with E-state index >= 15 is 4.39 Å². The van der Waals surface area contributed by atoms with Gasteiger partial charge in [-0.1, -0.05) is 18.1 Å². The maximum absolute atomic E-state index is 16.2. The molecule has 0 aliphatic carbocycles. The van der Waals surface area contributed by atoms with Crippen molar-refractivity contribution in [2.45, 2.75) is 44.9 Å². The van der Waals surface area contributed by atoms with Gasteiger partial charge < -0.3 is 24.0 Å². The fourth-order valence-corrected chi connectivity index (χ4v) is 6.49. The number of aromatic nitrogens is 2. The summed E-state index contributed by atoms with van der Waals surface area (Å²) in [6, 6.07) is 9.35. The molecule has 2 aromatic carbocycles. The Morgan fingerprint density at radius 2 is 2.10 bits per heavy atom. The van der Waals surface area contributed by atoms with Gasteiger partial charge in [0, 0.05) is 42.9 Å². The highest BCUT2D eigenvalue weighted by molar-refractivity contribution is 7.11. The number of carbonyl (C=O) groups is 1. The van der Waals surface area contributed by atoms with E-state index in [1.54, 1.807) is 17.2 Å². The van der Waals surface area contributed by atoms with Gasteiger partial charge in [-0.05, 0) is 62.3 Å². The van der Waals surface area contributed by atoms with Crippen molar-refractivity contribution >= 4 is 44.3 Å². The van der Waals surface area contributed by atoms with E-state index < -0.39 is 11.4 Å². The van der Waals surface area contributed by atoms with Gasteiger partial charge in [-0.25, -0.2) is 9.18 Å². The molecule has 206 valence electrons. The number of anilines is 1. The summed E-state index contributed by atoms with van der Waals surface area (Å²) in [4.78, 5) is 21.3. The third-order valence-corrected chi connectivity index (χ3v) is 8.24. The summed E-state index contributed by atoms with van der Waals surface area (Å²) >= 11 is 1.25. The van der Waals surface area contributed by atoms with Gasteiger partial charge in [0.1, 0.15) is 27.6 Å². The summed E-state index contributed by atoms with van der Waals surface area (Å²) in [7, 11) is 1.54. The van der Waals surface area contributed by atoms with Crippen molar-refractivity contribution in [3.05, 3.63) is 47.9 Å². The monoisotopic (exact) mass is 560 g/mol. The second kappa shape index (κ2) is 9.91. The molecule has 0 N–H and O–H groups in total. The number of benzene rings is 2. The molecule has 0 saturated carbocycles. The molecule has 10 heteroatoms. The van der Waals surface area contributed by atoms with Crippen LogP contribution in [0.4, 0.5) is 14.2 Å². The van der Waals surface area contributed by atoms with Crippen LogP contribution in [0.25, 0.3) is 32.9 Å². The minimum absolute atomic E-state index is 0.0491. The largest absolute Gasteiger partial charge is 0.468 e. The summed E-state index contributed by atoms with van der Waals surface area (Å²) in [5, 5.41) is 3.02. The minimum atomic E-state index is -0.547. The third kappa shape index (κ3) is 4.39. The first-order valence-electron chi connectivity index (χ1n) is 13.1. The first kappa shape index (κ1) is 26.3. The molecule has 8 nitrogen and oxygen atoms in total. The minimum Gasteiger partial charge on any atom is -0.468 e. The zero-order valence-corrected chi connectivity index (χ0v) is 23.5. The molecule has 2 aliphatic rings. The summed E-state index contributed by atoms with van der Waals surface area (Å²) in [6.45, 7) is 6.91. The molecule has 0 spiro atoms. The van der Waals surface area contributed by atoms with Crippen molar-refractivity contribution in [1.29, 1.82) is 0 Å². The van der Waals surface area contributed by atoms with Gasteiger partial charge in [0.15, 0.2) is 12.6 Å². The van der Waals surface area contributed by atoms with Gasteiger partial charge in [0.05, 0.1) is 17.5 Å². The van der Waals surface area contributed by atoms with E-state index in [0.717, 1.165) is 22.2 Å². The molecule has 40 heavy (non-hydrogen) atoms. The van der Waals surface area contributed by atoms with Crippen LogP contribution in [0.1, 0.15) is 32.8 Å². The van der Waals surface area contributed by atoms with E-state index in [2.05, 4.69) is 20.2 Å². The Bertz CT molecular complexity index is 1670. The zero-order valence-electron chi connectivity index (χ0n) is 22.7. The van der Waals surface area contributed by atoms with Crippen LogP contribution >= 0.6 is 11.5 Å². The van der Waals surface area contributed by atoms with Crippen LogP contribution in [0.2, 0.25) is 0 Å². The van der Waals surface area contributed by atoms with Gasteiger partial charge in [-0.3, -0.25) is 4.98 Å². The van der Waals surface area contributed by atoms with E-state index in [0.29, 0.717) is 35.4 Å². The fraction of sp³-hybridized carbons (Fsp3) is 0.367. The summed E-state index contributed by atoms with van der Waals surface area (Å²) in [5.41, 5.74) is 1.02. The number of ether oxygens (including phenoxy) is 3. The van der Waals surface area contributed by atoms with Gasteiger partial charge in [-0.15, -0.1) is 6.42 Å². The first-order valence-corrected chi connectivity index (χ1v) is 13.8. The lowest BCUT2D eigenvalue weighted by Gasteiger charge is -2.47. The molecule has 2 fully saturated rings.